The summed E-state index contributed by atoms with van der Waals surface area (Å²) in [5.41, 5.74) is 1.07. The van der Waals surface area contributed by atoms with Crippen molar-refractivity contribution in [2.75, 3.05) is 6.61 Å². The van der Waals surface area contributed by atoms with Crippen LogP contribution in [0.25, 0.3) is 22.7 Å². The Morgan fingerprint density at radius 2 is 1.63 bits per heavy atom. The maximum Gasteiger partial charge on any atom is 0.339 e. The van der Waals surface area contributed by atoms with Gasteiger partial charge in [-0.3, -0.25) is 10.1 Å². The number of nitro groups is 1. The van der Waals surface area contributed by atoms with Gasteiger partial charge in [0.15, 0.2) is 0 Å². The first-order chi connectivity index (χ1) is 14.6. The van der Waals surface area contributed by atoms with Gasteiger partial charge in [-0.15, -0.1) is 0 Å². The van der Waals surface area contributed by atoms with Gasteiger partial charge in [0.05, 0.1) is 23.3 Å². The Hall–Kier alpha value is -3.48. The predicted molar refractivity (Wildman–Crippen MR) is 115 cm³/mol. The molecule has 0 atom stereocenters. The van der Waals surface area contributed by atoms with Gasteiger partial charge in [-0.05, 0) is 42.8 Å². The summed E-state index contributed by atoms with van der Waals surface area (Å²) in [4.78, 5) is 26.7. The Bertz CT molecular complexity index is 1030. The smallest absolute Gasteiger partial charge is 0.339 e. The van der Waals surface area contributed by atoms with Gasteiger partial charge in [0.2, 0.25) is 5.89 Å². The standard InChI is InChI=1S/C23H24N2O5/c1-2-3-4-5-6-15-29-20-13-9-18(10-14-20)23-24-21(16-22(26)30-23)17-7-11-19(12-8-17)25(27)28/h7-14,16H,2-6,15H2,1H3. The van der Waals surface area contributed by atoms with E-state index in [1.165, 1.54) is 37.5 Å². The monoisotopic (exact) mass is 408 g/mol. The van der Waals surface area contributed by atoms with Crippen LogP contribution in [0.2, 0.25) is 0 Å². The zero-order valence-electron chi connectivity index (χ0n) is 16.9. The Labute approximate surface area is 174 Å². The van der Waals surface area contributed by atoms with Crippen molar-refractivity contribution in [1.82, 2.24) is 4.98 Å². The molecule has 0 aliphatic carbocycles. The molecule has 30 heavy (non-hydrogen) atoms. The number of nitrogens with zero attached hydrogens (tertiary/aromatic N) is 2. The highest BCUT2D eigenvalue weighted by Gasteiger charge is 2.11. The molecule has 7 nitrogen and oxygen atoms in total. The molecule has 156 valence electrons. The lowest BCUT2D eigenvalue weighted by molar-refractivity contribution is -0.384. The van der Waals surface area contributed by atoms with Crippen molar-refractivity contribution in [3.05, 3.63) is 75.1 Å². The first-order valence-electron chi connectivity index (χ1n) is 10.1. The molecule has 0 N–H and O–H groups in total. The van der Waals surface area contributed by atoms with Gasteiger partial charge in [-0.25, -0.2) is 9.78 Å². The quantitative estimate of drug-likeness (QED) is 0.245. The molecule has 2 aromatic carbocycles. The second-order valence-electron chi connectivity index (χ2n) is 6.96. The van der Waals surface area contributed by atoms with Crippen LogP contribution in [0.4, 0.5) is 5.69 Å². The molecule has 0 spiro atoms. The summed E-state index contributed by atoms with van der Waals surface area (Å²) in [5, 5.41) is 10.8. The Morgan fingerprint density at radius 3 is 2.30 bits per heavy atom. The lowest BCUT2D eigenvalue weighted by Crippen LogP contribution is -2.02. The average molecular weight is 408 g/mol. The van der Waals surface area contributed by atoms with Gasteiger partial charge in [0, 0.05) is 23.3 Å². The minimum atomic E-state index is -0.541. The topological polar surface area (TPSA) is 95.5 Å². The summed E-state index contributed by atoms with van der Waals surface area (Å²) in [5.74, 6) is 0.935. The van der Waals surface area contributed by atoms with Crippen LogP contribution in [0, 0.1) is 10.1 Å². The van der Waals surface area contributed by atoms with Crippen molar-refractivity contribution in [3.63, 3.8) is 0 Å². The molecule has 7 heteroatoms. The summed E-state index contributed by atoms with van der Waals surface area (Å²) < 4.78 is 11.0. The first-order valence-corrected chi connectivity index (χ1v) is 10.1. The third-order valence-corrected chi connectivity index (χ3v) is 4.67. The van der Waals surface area contributed by atoms with E-state index < -0.39 is 10.5 Å². The fourth-order valence-corrected chi connectivity index (χ4v) is 3.02. The van der Waals surface area contributed by atoms with Crippen LogP contribution in [0.1, 0.15) is 39.0 Å². The molecule has 0 saturated carbocycles. The van der Waals surface area contributed by atoms with E-state index in [-0.39, 0.29) is 11.6 Å². The summed E-state index contributed by atoms with van der Waals surface area (Å²) in [7, 11) is 0. The van der Waals surface area contributed by atoms with E-state index in [4.69, 9.17) is 9.15 Å². The normalized spacial score (nSPS) is 10.7. The van der Waals surface area contributed by atoms with Crippen LogP contribution < -0.4 is 10.4 Å². The molecule has 0 amide bonds. The minimum absolute atomic E-state index is 0.0251. The van der Waals surface area contributed by atoms with Crippen LogP contribution in [0.15, 0.2) is 63.8 Å². The minimum Gasteiger partial charge on any atom is -0.494 e. The number of non-ortho nitro benzene ring substituents is 1. The Balaban J connectivity index is 1.70. The third-order valence-electron chi connectivity index (χ3n) is 4.67. The van der Waals surface area contributed by atoms with Crippen molar-refractivity contribution in [3.8, 4) is 28.5 Å². The largest absolute Gasteiger partial charge is 0.494 e. The molecule has 0 saturated heterocycles. The van der Waals surface area contributed by atoms with Crippen LogP contribution in [0.5, 0.6) is 5.75 Å². The SMILES string of the molecule is CCCCCCCOc1ccc(-c2nc(-c3ccc([N+](=O)[O-])cc3)cc(=O)o2)cc1. The summed E-state index contributed by atoms with van der Waals surface area (Å²) in [6, 6.07) is 14.3. The van der Waals surface area contributed by atoms with Gasteiger partial charge in [0.1, 0.15) is 5.75 Å². The zero-order chi connectivity index (χ0) is 21.3. The fraction of sp³-hybridized carbons (Fsp3) is 0.304. The summed E-state index contributed by atoms with van der Waals surface area (Å²) in [6.45, 7) is 2.86. The molecule has 1 heterocycles. The van der Waals surface area contributed by atoms with Crippen molar-refractivity contribution in [2.24, 2.45) is 0 Å². The second kappa shape index (κ2) is 10.3. The van der Waals surface area contributed by atoms with Crippen molar-refractivity contribution in [2.45, 2.75) is 39.0 Å². The van der Waals surface area contributed by atoms with E-state index in [2.05, 4.69) is 11.9 Å². The Morgan fingerprint density at radius 1 is 0.967 bits per heavy atom. The van der Waals surface area contributed by atoms with Crippen LogP contribution >= 0.6 is 0 Å². The Kier molecular flexibility index (Phi) is 7.32. The number of rotatable bonds is 10. The van der Waals surface area contributed by atoms with Crippen molar-refractivity contribution < 1.29 is 14.1 Å². The van der Waals surface area contributed by atoms with Crippen molar-refractivity contribution >= 4 is 5.69 Å². The van der Waals surface area contributed by atoms with Crippen LogP contribution in [-0.4, -0.2) is 16.5 Å². The highest BCUT2D eigenvalue weighted by atomic mass is 16.6. The summed E-state index contributed by atoms with van der Waals surface area (Å²) in [6.07, 6.45) is 5.89. The lowest BCUT2D eigenvalue weighted by atomic mass is 10.1. The third kappa shape index (κ3) is 5.76. The van der Waals surface area contributed by atoms with Gasteiger partial charge in [-0.1, -0.05) is 32.6 Å². The number of hydrogen-bond acceptors (Lipinski definition) is 6. The van der Waals surface area contributed by atoms with E-state index >= 15 is 0 Å². The van der Waals surface area contributed by atoms with Gasteiger partial charge >= 0.3 is 5.63 Å². The molecular formula is C23H24N2O5. The van der Waals surface area contributed by atoms with E-state index in [1.807, 2.05) is 12.1 Å². The first kappa shape index (κ1) is 21.2. The molecule has 0 radical (unpaired) electrons. The zero-order valence-corrected chi connectivity index (χ0v) is 16.9. The maximum atomic E-state index is 12.0. The molecule has 0 aliphatic rings. The van der Waals surface area contributed by atoms with Gasteiger partial charge in [-0.2, -0.15) is 0 Å². The highest BCUT2D eigenvalue weighted by molar-refractivity contribution is 5.63. The molecule has 0 unspecified atom stereocenters. The number of unbranched alkanes of at least 4 members (excludes halogenated alkanes) is 4. The highest BCUT2D eigenvalue weighted by Crippen LogP contribution is 2.24. The van der Waals surface area contributed by atoms with E-state index in [1.54, 1.807) is 24.3 Å². The van der Waals surface area contributed by atoms with E-state index in [9.17, 15) is 14.9 Å². The second-order valence-corrected chi connectivity index (χ2v) is 6.96. The van der Waals surface area contributed by atoms with E-state index in [0.717, 1.165) is 18.6 Å². The molecule has 0 fully saturated rings. The molecule has 0 aliphatic heterocycles. The van der Waals surface area contributed by atoms with Crippen molar-refractivity contribution in [1.29, 1.82) is 0 Å². The molecular weight excluding hydrogens is 384 g/mol. The number of aromatic nitrogens is 1. The fourth-order valence-electron chi connectivity index (χ4n) is 3.02. The van der Waals surface area contributed by atoms with Gasteiger partial charge < -0.3 is 9.15 Å². The number of benzene rings is 2. The molecule has 3 aromatic rings. The molecule has 1 aromatic heterocycles. The lowest BCUT2D eigenvalue weighted by Gasteiger charge is -2.07. The number of ether oxygens (including phenoxy) is 1. The van der Waals surface area contributed by atoms with Crippen LogP contribution in [-0.2, 0) is 0 Å². The maximum absolute atomic E-state index is 12.0. The number of nitro benzene ring substituents is 1. The van der Waals surface area contributed by atoms with Gasteiger partial charge in [0.25, 0.3) is 5.69 Å². The molecule has 3 rings (SSSR count). The average Bonchev–Trinajstić information content (AvgIpc) is 2.76. The predicted octanol–water partition coefficient (Wildman–Crippen LogP) is 5.63. The molecule has 0 bridgehead atoms. The van der Waals surface area contributed by atoms with E-state index in [0.29, 0.717) is 23.4 Å². The van der Waals surface area contributed by atoms with Crippen LogP contribution in [0.3, 0.4) is 0 Å². The number of hydrogen-bond donors (Lipinski definition) is 0. The summed E-state index contributed by atoms with van der Waals surface area (Å²) >= 11 is 0.